The Kier molecular flexibility index (Phi) is 3.30. The highest BCUT2D eigenvalue weighted by Gasteiger charge is 2.15. The lowest BCUT2D eigenvalue weighted by Gasteiger charge is -2.05. The average molecular weight is 219 g/mol. The van der Waals surface area contributed by atoms with Crippen molar-refractivity contribution >= 4 is 17.6 Å². The van der Waals surface area contributed by atoms with Crippen molar-refractivity contribution in [1.82, 2.24) is 0 Å². The van der Waals surface area contributed by atoms with Gasteiger partial charge in [-0.2, -0.15) is 0 Å². The molecule has 1 rings (SSSR count). The minimum Gasteiger partial charge on any atom is -0.508 e. The largest absolute Gasteiger partial charge is 0.508 e. The number of hydrogen-bond acceptors (Lipinski definition) is 3. The second-order valence-corrected chi connectivity index (χ2v) is 3.02. The zero-order valence-corrected chi connectivity index (χ0v) is 8.14. The maximum atomic E-state index is 13.3. The lowest BCUT2D eigenvalue weighted by Crippen LogP contribution is -2.06. The topological polar surface area (TPSA) is 46.5 Å². The molecule has 1 aromatic rings. The molecule has 0 unspecified atom stereocenters. The van der Waals surface area contributed by atoms with Gasteiger partial charge in [0.05, 0.1) is 18.6 Å². The molecule has 0 spiro atoms. The number of ether oxygens (including phenoxy) is 1. The minimum atomic E-state index is -0.794. The van der Waals surface area contributed by atoms with Crippen LogP contribution >= 0.6 is 11.6 Å². The maximum absolute atomic E-state index is 13.3. The molecule has 14 heavy (non-hydrogen) atoms. The highest BCUT2D eigenvalue weighted by Crippen LogP contribution is 2.26. The summed E-state index contributed by atoms with van der Waals surface area (Å²) in [5.74, 6) is -1.74. The number of carbonyl (C=O) groups excluding carboxylic acids is 1. The molecule has 1 N–H and O–H groups in total. The van der Waals surface area contributed by atoms with Gasteiger partial charge in [0.25, 0.3) is 0 Å². The molecule has 0 heterocycles. The van der Waals surface area contributed by atoms with Gasteiger partial charge < -0.3 is 9.84 Å². The van der Waals surface area contributed by atoms with Crippen LogP contribution in [0.25, 0.3) is 0 Å². The predicted molar refractivity (Wildman–Crippen MR) is 48.8 cm³/mol. The summed E-state index contributed by atoms with van der Waals surface area (Å²) in [7, 11) is 1.18. The molecule has 5 heteroatoms. The SMILES string of the molecule is COC(=O)Cc1c(O)ccc(Cl)c1F. The Balaban J connectivity index is 3.06. The quantitative estimate of drug-likeness (QED) is 0.772. The Hall–Kier alpha value is -1.29. The number of phenolic OH excluding ortho intramolecular Hbond substituents is 1. The van der Waals surface area contributed by atoms with E-state index in [1.807, 2.05) is 0 Å². The van der Waals surface area contributed by atoms with Crippen LogP contribution in [0.4, 0.5) is 4.39 Å². The summed E-state index contributed by atoms with van der Waals surface area (Å²) in [4.78, 5) is 10.9. The normalized spacial score (nSPS) is 9.93. The van der Waals surface area contributed by atoms with Gasteiger partial charge in [-0.25, -0.2) is 4.39 Å². The molecule has 0 aromatic heterocycles. The Labute approximate surface area is 85.1 Å². The van der Waals surface area contributed by atoms with Gasteiger partial charge in [0, 0.05) is 5.56 Å². The number of hydrogen-bond donors (Lipinski definition) is 1. The first-order chi connectivity index (χ1) is 6.56. The summed E-state index contributed by atoms with van der Waals surface area (Å²) >= 11 is 5.47. The number of halogens is 2. The zero-order chi connectivity index (χ0) is 10.7. The van der Waals surface area contributed by atoms with E-state index in [9.17, 15) is 14.3 Å². The van der Waals surface area contributed by atoms with Gasteiger partial charge in [0.2, 0.25) is 0 Å². The Morgan fingerprint density at radius 3 is 2.86 bits per heavy atom. The molecule has 0 saturated heterocycles. The number of esters is 1. The highest BCUT2D eigenvalue weighted by molar-refractivity contribution is 6.30. The van der Waals surface area contributed by atoms with Gasteiger partial charge in [0.1, 0.15) is 11.6 Å². The molecule has 0 aliphatic rings. The number of aromatic hydroxyl groups is 1. The minimum absolute atomic E-state index is 0.137. The van der Waals surface area contributed by atoms with Crippen LogP contribution in [0.15, 0.2) is 12.1 Å². The van der Waals surface area contributed by atoms with Gasteiger partial charge in [0.15, 0.2) is 0 Å². The summed E-state index contributed by atoms with van der Waals surface area (Å²) in [5.41, 5.74) is -0.149. The third-order valence-corrected chi connectivity index (χ3v) is 2.01. The molecule has 0 atom stereocenters. The summed E-state index contributed by atoms with van der Waals surface area (Å²) in [6, 6.07) is 2.44. The summed E-state index contributed by atoms with van der Waals surface area (Å²) in [6.45, 7) is 0. The maximum Gasteiger partial charge on any atom is 0.310 e. The molecule has 0 saturated carbocycles. The third kappa shape index (κ3) is 2.14. The Morgan fingerprint density at radius 2 is 2.29 bits per heavy atom. The number of benzene rings is 1. The van der Waals surface area contributed by atoms with Crippen molar-refractivity contribution in [2.45, 2.75) is 6.42 Å². The molecule has 0 amide bonds. The zero-order valence-electron chi connectivity index (χ0n) is 7.38. The van der Waals surface area contributed by atoms with E-state index in [0.717, 1.165) is 0 Å². The third-order valence-electron chi connectivity index (χ3n) is 1.72. The van der Waals surface area contributed by atoms with Crippen molar-refractivity contribution < 1.29 is 19.0 Å². The molecular formula is C9H8ClFO3. The summed E-state index contributed by atoms with van der Waals surface area (Å²) in [6.07, 6.45) is -0.339. The van der Waals surface area contributed by atoms with E-state index < -0.39 is 11.8 Å². The van der Waals surface area contributed by atoms with E-state index in [4.69, 9.17) is 11.6 Å². The monoisotopic (exact) mass is 218 g/mol. The Bertz CT molecular complexity index is 365. The van der Waals surface area contributed by atoms with Crippen molar-refractivity contribution in [3.63, 3.8) is 0 Å². The van der Waals surface area contributed by atoms with E-state index in [1.54, 1.807) is 0 Å². The smallest absolute Gasteiger partial charge is 0.310 e. The van der Waals surface area contributed by atoms with Crippen LogP contribution in [0.5, 0.6) is 5.75 Å². The highest BCUT2D eigenvalue weighted by atomic mass is 35.5. The number of carbonyl (C=O) groups is 1. The fourth-order valence-electron chi connectivity index (χ4n) is 0.967. The van der Waals surface area contributed by atoms with Crippen LogP contribution in [0.3, 0.4) is 0 Å². The van der Waals surface area contributed by atoms with Crippen LogP contribution in [0.1, 0.15) is 5.56 Å². The molecule has 0 radical (unpaired) electrons. The molecule has 1 aromatic carbocycles. The molecule has 0 aliphatic carbocycles. The van der Waals surface area contributed by atoms with Crippen LogP contribution in [0.2, 0.25) is 5.02 Å². The van der Waals surface area contributed by atoms with E-state index >= 15 is 0 Å². The summed E-state index contributed by atoms with van der Waals surface area (Å²) in [5, 5.41) is 9.12. The van der Waals surface area contributed by atoms with Crippen molar-refractivity contribution in [3.05, 3.63) is 28.5 Å². The van der Waals surface area contributed by atoms with E-state index in [1.165, 1.54) is 19.2 Å². The van der Waals surface area contributed by atoms with Crippen molar-refractivity contribution in [2.24, 2.45) is 0 Å². The lowest BCUT2D eigenvalue weighted by molar-refractivity contribution is -0.139. The van der Waals surface area contributed by atoms with Crippen molar-refractivity contribution in [2.75, 3.05) is 7.11 Å². The Morgan fingerprint density at radius 1 is 1.64 bits per heavy atom. The molecule has 0 aliphatic heterocycles. The molecule has 76 valence electrons. The second kappa shape index (κ2) is 4.28. The number of rotatable bonds is 2. The van der Waals surface area contributed by atoms with E-state index in [-0.39, 0.29) is 22.8 Å². The van der Waals surface area contributed by atoms with Crippen molar-refractivity contribution in [3.8, 4) is 5.75 Å². The second-order valence-electron chi connectivity index (χ2n) is 2.61. The first kappa shape index (κ1) is 10.8. The van der Waals surface area contributed by atoms with Gasteiger partial charge in [-0.15, -0.1) is 0 Å². The first-order valence-corrected chi connectivity index (χ1v) is 4.16. The summed E-state index contributed by atoms with van der Waals surface area (Å²) < 4.78 is 17.6. The standard InChI is InChI=1S/C9H8ClFO3/c1-14-8(13)4-5-7(12)3-2-6(10)9(5)11/h2-3,12H,4H2,1H3. The van der Waals surface area contributed by atoms with Gasteiger partial charge in [-0.05, 0) is 12.1 Å². The molecule has 0 fully saturated rings. The van der Waals surface area contributed by atoms with Crippen LogP contribution < -0.4 is 0 Å². The lowest BCUT2D eigenvalue weighted by atomic mass is 10.1. The predicted octanol–water partition coefficient (Wildman–Crippen LogP) is 1.90. The average Bonchev–Trinajstić information content (AvgIpc) is 2.18. The first-order valence-electron chi connectivity index (χ1n) is 3.79. The van der Waals surface area contributed by atoms with E-state index in [2.05, 4.69) is 4.74 Å². The van der Waals surface area contributed by atoms with Crippen LogP contribution in [-0.2, 0) is 16.0 Å². The molecular weight excluding hydrogens is 211 g/mol. The van der Waals surface area contributed by atoms with E-state index in [0.29, 0.717) is 0 Å². The van der Waals surface area contributed by atoms with Gasteiger partial charge in [-0.1, -0.05) is 11.6 Å². The fraction of sp³-hybridized carbons (Fsp3) is 0.222. The van der Waals surface area contributed by atoms with Gasteiger partial charge in [-0.3, -0.25) is 4.79 Å². The van der Waals surface area contributed by atoms with Crippen LogP contribution in [0, 0.1) is 5.82 Å². The van der Waals surface area contributed by atoms with Crippen LogP contribution in [-0.4, -0.2) is 18.2 Å². The molecule has 3 nitrogen and oxygen atoms in total. The molecule has 0 bridgehead atoms. The van der Waals surface area contributed by atoms with Gasteiger partial charge >= 0.3 is 5.97 Å². The number of phenols is 1. The number of methoxy groups -OCH3 is 1. The fourth-order valence-corrected chi connectivity index (χ4v) is 1.14. The van der Waals surface area contributed by atoms with Crippen molar-refractivity contribution in [1.29, 1.82) is 0 Å².